The summed E-state index contributed by atoms with van der Waals surface area (Å²) in [4.78, 5) is 25.1. The summed E-state index contributed by atoms with van der Waals surface area (Å²) in [6, 6.07) is 0. The molecule has 3 fully saturated rings. The molecule has 2 heteroatoms. The molecule has 4 rings (SSSR count). The molecule has 0 bridgehead atoms. The SMILES string of the molecule is O=C1CCC(=O)C2C3CCCCC3=C3CCCCC3C12. The van der Waals surface area contributed by atoms with Crippen LogP contribution in [0.4, 0.5) is 0 Å². The van der Waals surface area contributed by atoms with Crippen LogP contribution in [0.15, 0.2) is 11.1 Å². The van der Waals surface area contributed by atoms with Gasteiger partial charge in [0.15, 0.2) is 0 Å². The van der Waals surface area contributed by atoms with Crippen molar-refractivity contribution in [2.24, 2.45) is 23.7 Å². The molecule has 0 saturated heterocycles. The zero-order valence-corrected chi connectivity index (χ0v) is 12.2. The van der Waals surface area contributed by atoms with E-state index in [1.165, 1.54) is 38.5 Å². The molecule has 3 saturated carbocycles. The zero-order valence-electron chi connectivity index (χ0n) is 12.2. The van der Waals surface area contributed by atoms with E-state index in [2.05, 4.69) is 0 Å². The van der Waals surface area contributed by atoms with E-state index in [4.69, 9.17) is 0 Å². The van der Waals surface area contributed by atoms with E-state index in [1.807, 2.05) is 0 Å². The Hall–Kier alpha value is -0.920. The molecular formula is C18H24O2. The molecule has 0 aliphatic heterocycles. The summed E-state index contributed by atoms with van der Waals surface area (Å²) >= 11 is 0. The first-order chi connectivity index (χ1) is 9.77. The summed E-state index contributed by atoms with van der Waals surface area (Å²) in [5.41, 5.74) is 3.26. The molecule has 4 aliphatic rings. The van der Waals surface area contributed by atoms with Gasteiger partial charge in [-0.15, -0.1) is 0 Å². The van der Waals surface area contributed by atoms with Crippen LogP contribution in [-0.2, 0) is 9.59 Å². The van der Waals surface area contributed by atoms with Crippen molar-refractivity contribution in [1.82, 2.24) is 0 Å². The van der Waals surface area contributed by atoms with Gasteiger partial charge in [0, 0.05) is 24.7 Å². The van der Waals surface area contributed by atoms with E-state index in [1.54, 1.807) is 11.1 Å². The Labute approximate surface area is 121 Å². The molecule has 2 nitrogen and oxygen atoms in total. The Morgan fingerprint density at radius 3 is 1.50 bits per heavy atom. The quantitative estimate of drug-likeness (QED) is 0.628. The summed E-state index contributed by atoms with van der Waals surface area (Å²) in [7, 11) is 0. The van der Waals surface area contributed by atoms with E-state index >= 15 is 0 Å². The molecule has 0 aromatic carbocycles. The molecule has 108 valence electrons. The third kappa shape index (κ3) is 1.76. The van der Waals surface area contributed by atoms with Crippen LogP contribution in [0.25, 0.3) is 0 Å². The first-order valence-electron chi connectivity index (χ1n) is 8.54. The van der Waals surface area contributed by atoms with Crippen molar-refractivity contribution in [2.45, 2.75) is 64.2 Å². The highest BCUT2D eigenvalue weighted by Crippen LogP contribution is 2.54. The highest BCUT2D eigenvalue weighted by Gasteiger charge is 2.51. The van der Waals surface area contributed by atoms with Crippen molar-refractivity contribution in [3.05, 3.63) is 11.1 Å². The number of rotatable bonds is 0. The summed E-state index contributed by atoms with van der Waals surface area (Å²) in [6.45, 7) is 0. The predicted molar refractivity (Wildman–Crippen MR) is 77.2 cm³/mol. The Kier molecular flexibility index (Phi) is 3.08. The minimum absolute atomic E-state index is 0.0680. The average molecular weight is 272 g/mol. The highest BCUT2D eigenvalue weighted by molar-refractivity contribution is 5.97. The summed E-state index contributed by atoms with van der Waals surface area (Å²) < 4.78 is 0. The summed E-state index contributed by atoms with van der Waals surface area (Å²) in [5, 5.41) is 0. The number of carbonyl (C=O) groups excluding carboxylic acids is 2. The first kappa shape index (κ1) is 12.8. The van der Waals surface area contributed by atoms with Gasteiger partial charge in [0.2, 0.25) is 0 Å². The van der Waals surface area contributed by atoms with Gasteiger partial charge in [0.05, 0.1) is 0 Å². The van der Waals surface area contributed by atoms with Crippen LogP contribution in [0.5, 0.6) is 0 Å². The monoisotopic (exact) mass is 272 g/mol. The lowest BCUT2D eigenvalue weighted by Gasteiger charge is -2.49. The third-order valence-corrected chi connectivity index (χ3v) is 6.35. The predicted octanol–water partition coefficient (Wildman–Crippen LogP) is 3.84. The van der Waals surface area contributed by atoms with Crippen LogP contribution in [0.3, 0.4) is 0 Å². The fourth-order valence-corrected chi connectivity index (χ4v) is 5.60. The van der Waals surface area contributed by atoms with Crippen molar-refractivity contribution in [1.29, 1.82) is 0 Å². The second-order valence-corrected chi connectivity index (χ2v) is 7.24. The number of fused-ring (bicyclic) bond motifs is 5. The molecule has 0 aromatic heterocycles. The zero-order chi connectivity index (χ0) is 13.7. The molecule has 4 aliphatic carbocycles. The normalized spacial score (nSPS) is 41.0. The van der Waals surface area contributed by atoms with E-state index in [0.717, 1.165) is 12.8 Å². The third-order valence-electron chi connectivity index (χ3n) is 6.35. The Morgan fingerprint density at radius 1 is 0.600 bits per heavy atom. The van der Waals surface area contributed by atoms with Crippen molar-refractivity contribution in [3.63, 3.8) is 0 Å². The van der Waals surface area contributed by atoms with Crippen LogP contribution in [-0.4, -0.2) is 11.6 Å². The maximum Gasteiger partial charge on any atom is 0.137 e. The number of carbonyl (C=O) groups is 2. The van der Waals surface area contributed by atoms with Crippen LogP contribution >= 0.6 is 0 Å². The van der Waals surface area contributed by atoms with E-state index in [9.17, 15) is 9.59 Å². The second kappa shape index (κ2) is 4.82. The number of hydrogen-bond acceptors (Lipinski definition) is 2. The van der Waals surface area contributed by atoms with Crippen LogP contribution in [0, 0.1) is 23.7 Å². The molecule has 0 aromatic rings. The van der Waals surface area contributed by atoms with Crippen LogP contribution < -0.4 is 0 Å². The fraction of sp³-hybridized carbons (Fsp3) is 0.778. The van der Waals surface area contributed by atoms with E-state index in [0.29, 0.717) is 36.2 Å². The van der Waals surface area contributed by atoms with Crippen LogP contribution in [0.2, 0.25) is 0 Å². The lowest BCUT2D eigenvalue weighted by molar-refractivity contribution is -0.142. The molecule has 0 heterocycles. The van der Waals surface area contributed by atoms with Crippen LogP contribution in [0.1, 0.15) is 64.2 Å². The molecule has 4 atom stereocenters. The lowest BCUT2D eigenvalue weighted by Crippen LogP contribution is -2.49. The van der Waals surface area contributed by atoms with Gasteiger partial charge < -0.3 is 0 Å². The fourth-order valence-electron chi connectivity index (χ4n) is 5.60. The average Bonchev–Trinajstić information content (AvgIpc) is 2.50. The standard InChI is InChI=1S/C18H24O2/c19-15-9-10-16(20)18-14-8-4-2-6-12(14)11-5-1-3-7-13(11)17(15)18/h13-14,17-18H,1-10H2. The maximum atomic E-state index is 12.5. The molecule has 0 spiro atoms. The molecule has 4 unspecified atom stereocenters. The minimum atomic E-state index is 0.0680. The van der Waals surface area contributed by atoms with Gasteiger partial charge in [-0.05, 0) is 50.4 Å². The lowest BCUT2D eigenvalue weighted by atomic mass is 9.53. The van der Waals surface area contributed by atoms with Gasteiger partial charge in [-0.1, -0.05) is 24.0 Å². The maximum absolute atomic E-state index is 12.5. The molecule has 0 radical (unpaired) electrons. The van der Waals surface area contributed by atoms with E-state index < -0.39 is 0 Å². The Morgan fingerprint density at radius 2 is 1.05 bits per heavy atom. The molecule has 0 amide bonds. The van der Waals surface area contributed by atoms with Crippen molar-refractivity contribution >= 4 is 11.6 Å². The smallest absolute Gasteiger partial charge is 0.137 e. The Bertz CT molecular complexity index is 444. The first-order valence-corrected chi connectivity index (χ1v) is 8.54. The van der Waals surface area contributed by atoms with Gasteiger partial charge >= 0.3 is 0 Å². The molecule has 20 heavy (non-hydrogen) atoms. The van der Waals surface area contributed by atoms with Crippen molar-refractivity contribution in [3.8, 4) is 0 Å². The van der Waals surface area contributed by atoms with Gasteiger partial charge in [-0.3, -0.25) is 9.59 Å². The van der Waals surface area contributed by atoms with Crippen molar-refractivity contribution in [2.75, 3.05) is 0 Å². The van der Waals surface area contributed by atoms with Gasteiger partial charge in [0.25, 0.3) is 0 Å². The number of Topliss-reactive ketones (excluding diaryl/α,β-unsaturated/α-hetero) is 2. The highest BCUT2D eigenvalue weighted by atomic mass is 16.1. The number of ketones is 2. The van der Waals surface area contributed by atoms with Gasteiger partial charge in [0.1, 0.15) is 11.6 Å². The van der Waals surface area contributed by atoms with Gasteiger partial charge in [-0.2, -0.15) is 0 Å². The largest absolute Gasteiger partial charge is 0.299 e. The second-order valence-electron chi connectivity index (χ2n) is 7.24. The number of allylic oxidation sites excluding steroid dienone is 2. The van der Waals surface area contributed by atoms with Crippen molar-refractivity contribution < 1.29 is 9.59 Å². The summed E-state index contributed by atoms with van der Waals surface area (Å²) in [6.07, 6.45) is 10.9. The molecule has 0 N–H and O–H groups in total. The minimum Gasteiger partial charge on any atom is -0.299 e. The van der Waals surface area contributed by atoms with Gasteiger partial charge in [-0.25, -0.2) is 0 Å². The van der Waals surface area contributed by atoms with E-state index in [-0.39, 0.29) is 11.8 Å². The topological polar surface area (TPSA) is 34.1 Å². The summed E-state index contributed by atoms with van der Waals surface area (Å²) in [5.74, 6) is 1.83. The number of hydrogen-bond donors (Lipinski definition) is 0. The Balaban J connectivity index is 1.83. The molecular weight excluding hydrogens is 248 g/mol.